The van der Waals surface area contributed by atoms with Crippen molar-refractivity contribution in [2.24, 2.45) is 5.73 Å². The molecule has 0 aliphatic carbocycles. The molecule has 3 N–H and O–H groups in total. The third-order valence-electron chi connectivity index (χ3n) is 2.67. The van der Waals surface area contributed by atoms with Crippen LogP contribution in [0.25, 0.3) is 0 Å². The molecule has 0 fully saturated rings. The highest BCUT2D eigenvalue weighted by atomic mass is 35.5. The summed E-state index contributed by atoms with van der Waals surface area (Å²) in [6, 6.07) is 4.92. The molecule has 0 saturated heterocycles. The number of methoxy groups -OCH3 is 1. The SMILES string of the molecule is CCCNC(C#N)c1cc(Cl)c(OCC(N)=O)c(OC)c1. The normalized spacial score (nSPS) is 11.5. The number of nitriles is 1. The maximum absolute atomic E-state index is 10.8. The third-order valence-corrected chi connectivity index (χ3v) is 2.95. The molecule has 0 aliphatic heterocycles. The summed E-state index contributed by atoms with van der Waals surface area (Å²) in [6.07, 6.45) is 0.906. The number of benzene rings is 1. The third kappa shape index (κ3) is 4.81. The Balaban J connectivity index is 3.07. The molecular weight excluding hydrogens is 294 g/mol. The first-order valence-corrected chi connectivity index (χ1v) is 6.82. The Morgan fingerprint density at radius 2 is 2.29 bits per heavy atom. The topological polar surface area (TPSA) is 97.4 Å². The smallest absolute Gasteiger partial charge is 0.255 e. The lowest BCUT2D eigenvalue weighted by Gasteiger charge is -2.16. The summed E-state index contributed by atoms with van der Waals surface area (Å²) in [5.74, 6) is -0.0390. The standard InChI is InChI=1S/C14H18ClN3O3/c1-3-4-18-11(7-16)9-5-10(15)14(12(6-9)20-2)21-8-13(17)19/h5-6,11,18H,3-4,8H2,1-2H3,(H2,17,19). The Kier molecular flexibility index (Phi) is 6.79. The number of halogens is 1. The molecule has 114 valence electrons. The van der Waals surface area contributed by atoms with Crippen LogP contribution in [-0.4, -0.2) is 26.2 Å². The van der Waals surface area contributed by atoms with E-state index in [9.17, 15) is 10.1 Å². The molecule has 1 unspecified atom stereocenters. The average Bonchev–Trinajstić information content (AvgIpc) is 2.46. The predicted octanol–water partition coefficient (Wildman–Crippen LogP) is 1.78. The van der Waals surface area contributed by atoms with Crippen molar-refractivity contribution in [2.75, 3.05) is 20.3 Å². The number of amides is 1. The van der Waals surface area contributed by atoms with Gasteiger partial charge in [0.15, 0.2) is 18.1 Å². The molecule has 7 heteroatoms. The van der Waals surface area contributed by atoms with Gasteiger partial charge in [0.2, 0.25) is 0 Å². The highest BCUT2D eigenvalue weighted by molar-refractivity contribution is 6.32. The second-order valence-electron chi connectivity index (χ2n) is 4.31. The van der Waals surface area contributed by atoms with Crippen molar-refractivity contribution in [3.63, 3.8) is 0 Å². The van der Waals surface area contributed by atoms with E-state index in [0.717, 1.165) is 6.42 Å². The minimum Gasteiger partial charge on any atom is -0.493 e. The van der Waals surface area contributed by atoms with E-state index in [1.165, 1.54) is 7.11 Å². The van der Waals surface area contributed by atoms with Crippen LogP contribution in [0.2, 0.25) is 5.02 Å². The van der Waals surface area contributed by atoms with Crippen molar-refractivity contribution in [2.45, 2.75) is 19.4 Å². The van der Waals surface area contributed by atoms with Gasteiger partial charge in [0.05, 0.1) is 18.2 Å². The summed E-state index contributed by atoms with van der Waals surface area (Å²) < 4.78 is 10.4. The monoisotopic (exact) mass is 311 g/mol. The fraction of sp³-hybridized carbons (Fsp3) is 0.429. The Morgan fingerprint density at radius 3 is 2.81 bits per heavy atom. The van der Waals surface area contributed by atoms with Crippen LogP contribution in [0.5, 0.6) is 11.5 Å². The predicted molar refractivity (Wildman–Crippen MR) is 79.3 cm³/mol. The number of rotatable bonds is 8. The second kappa shape index (κ2) is 8.35. The van der Waals surface area contributed by atoms with Gasteiger partial charge in [-0.2, -0.15) is 5.26 Å². The average molecular weight is 312 g/mol. The number of hydrogen-bond donors (Lipinski definition) is 2. The zero-order valence-corrected chi connectivity index (χ0v) is 12.7. The molecule has 1 aromatic carbocycles. The van der Waals surface area contributed by atoms with Crippen LogP contribution in [0.4, 0.5) is 0 Å². The van der Waals surface area contributed by atoms with E-state index in [4.69, 9.17) is 26.8 Å². The fourth-order valence-corrected chi connectivity index (χ4v) is 1.99. The Hall–Kier alpha value is -1.97. The summed E-state index contributed by atoms with van der Waals surface area (Å²) in [5.41, 5.74) is 5.70. The van der Waals surface area contributed by atoms with Gasteiger partial charge in [0.1, 0.15) is 6.04 Å². The number of nitrogens with one attached hydrogen (secondary N) is 1. The van der Waals surface area contributed by atoms with Crippen LogP contribution in [0.1, 0.15) is 24.9 Å². The first kappa shape index (κ1) is 17.1. The van der Waals surface area contributed by atoms with Crippen LogP contribution >= 0.6 is 11.6 Å². The second-order valence-corrected chi connectivity index (χ2v) is 4.71. The first-order chi connectivity index (χ1) is 10.0. The van der Waals surface area contributed by atoms with Crippen molar-refractivity contribution >= 4 is 17.5 Å². The Bertz CT molecular complexity index is 543. The molecule has 6 nitrogen and oxygen atoms in total. The van der Waals surface area contributed by atoms with E-state index < -0.39 is 11.9 Å². The van der Waals surface area contributed by atoms with Gasteiger partial charge in [-0.25, -0.2) is 0 Å². The molecule has 0 aromatic heterocycles. The molecule has 0 aliphatic rings. The molecule has 0 radical (unpaired) electrons. The fourth-order valence-electron chi connectivity index (χ4n) is 1.72. The molecule has 0 bridgehead atoms. The van der Waals surface area contributed by atoms with E-state index >= 15 is 0 Å². The highest BCUT2D eigenvalue weighted by Gasteiger charge is 2.17. The van der Waals surface area contributed by atoms with E-state index in [-0.39, 0.29) is 17.4 Å². The van der Waals surface area contributed by atoms with Gasteiger partial charge in [-0.1, -0.05) is 18.5 Å². The van der Waals surface area contributed by atoms with Gasteiger partial charge in [0.25, 0.3) is 5.91 Å². The molecule has 1 atom stereocenters. The number of carbonyl (C=O) groups excluding carboxylic acids is 1. The Morgan fingerprint density at radius 1 is 1.57 bits per heavy atom. The van der Waals surface area contributed by atoms with Crippen LogP contribution in [0, 0.1) is 11.3 Å². The number of hydrogen-bond acceptors (Lipinski definition) is 5. The number of ether oxygens (including phenoxy) is 2. The van der Waals surface area contributed by atoms with Crippen molar-refractivity contribution < 1.29 is 14.3 Å². The minimum atomic E-state index is -0.614. The van der Waals surface area contributed by atoms with Crippen LogP contribution in [0.15, 0.2) is 12.1 Å². The lowest BCUT2D eigenvalue weighted by molar-refractivity contribution is -0.119. The van der Waals surface area contributed by atoms with Crippen LogP contribution in [0.3, 0.4) is 0 Å². The summed E-state index contributed by atoms with van der Waals surface area (Å²) in [5, 5.41) is 12.6. The summed E-state index contributed by atoms with van der Waals surface area (Å²) >= 11 is 6.14. The van der Waals surface area contributed by atoms with E-state index in [1.54, 1.807) is 12.1 Å². The lowest BCUT2D eigenvalue weighted by Crippen LogP contribution is -2.21. The highest BCUT2D eigenvalue weighted by Crippen LogP contribution is 2.37. The molecule has 1 amide bonds. The quantitative estimate of drug-likeness (QED) is 0.762. The largest absolute Gasteiger partial charge is 0.493 e. The van der Waals surface area contributed by atoms with E-state index in [0.29, 0.717) is 17.9 Å². The number of primary amides is 1. The van der Waals surface area contributed by atoms with Crippen molar-refractivity contribution in [1.29, 1.82) is 5.26 Å². The van der Waals surface area contributed by atoms with Gasteiger partial charge in [-0.05, 0) is 30.7 Å². The zero-order valence-electron chi connectivity index (χ0n) is 12.0. The van der Waals surface area contributed by atoms with Gasteiger partial charge >= 0.3 is 0 Å². The number of nitrogens with two attached hydrogens (primary N) is 1. The molecule has 0 spiro atoms. The zero-order chi connectivity index (χ0) is 15.8. The van der Waals surface area contributed by atoms with Crippen molar-refractivity contribution in [1.82, 2.24) is 5.32 Å². The van der Waals surface area contributed by atoms with Gasteiger partial charge in [-0.3, -0.25) is 10.1 Å². The number of carbonyl (C=O) groups is 1. The molecule has 1 rings (SSSR count). The maximum atomic E-state index is 10.8. The van der Waals surface area contributed by atoms with Crippen LogP contribution in [-0.2, 0) is 4.79 Å². The van der Waals surface area contributed by atoms with E-state index in [2.05, 4.69) is 11.4 Å². The van der Waals surface area contributed by atoms with E-state index in [1.807, 2.05) is 6.92 Å². The summed E-state index contributed by atoms with van der Waals surface area (Å²) in [6.45, 7) is 2.42. The van der Waals surface area contributed by atoms with Crippen molar-refractivity contribution in [3.05, 3.63) is 22.7 Å². The minimum absolute atomic E-state index is 0.230. The van der Waals surface area contributed by atoms with Gasteiger partial charge in [-0.15, -0.1) is 0 Å². The molecule has 21 heavy (non-hydrogen) atoms. The summed E-state index contributed by atoms with van der Waals surface area (Å²) in [4.78, 5) is 10.8. The molecule has 0 saturated carbocycles. The van der Waals surface area contributed by atoms with Gasteiger partial charge in [0, 0.05) is 0 Å². The van der Waals surface area contributed by atoms with Crippen molar-refractivity contribution in [3.8, 4) is 17.6 Å². The molecule has 0 heterocycles. The molecular formula is C14H18ClN3O3. The lowest BCUT2D eigenvalue weighted by atomic mass is 10.1. The number of nitrogens with zero attached hydrogens (tertiary/aromatic N) is 1. The van der Waals surface area contributed by atoms with Crippen LogP contribution < -0.4 is 20.5 Å². The first-order valence-electron chi connectivity index (χ1n) is 6.45. The maximum Gasteiger partial charge on any atom is 0.255 e. The Labute approximate surface area is 128 Å². The van der Waals surface area contributed by atoms with Gasteiger partial charge < -0.3 is 15.2 Å². The molecule has 1 aromatic rings. The summed E-state index contributed by atoms with van der Waals surface area (Å²) in [7, 11) is 1.45.